The van der Waals surface area contributed by atoms with E-state index in [9.17, 15) is 9.59 Å². The first-order chi connectivity index (χ1) is 16.9. The van der Waals surface area contributed by atoms with E-state index in [1.165, 1.54) is 6.33 Å². The van der Waals surface area contributed by atoms with Crippen molar-refractivity contribution in [1.82, 2.24) is 19.1 Å². The Hall–Kier alpha value is -4.72. The van der Waals surface area contributed by atoms with Crippen molar-refractivity contribution < 1.29 is 4.79 Å². The van der Waals surface area contributed by atoms with Crippen LogP contribution in [0, 0.1) is 0 Å². The summed E-state index contributed by atoms with van der Waals surface area (Å²) in [6, 6.07) is 20.1. The molecule has 3 N–H and O–H groups in total. The summed E-state index contributed by atoms with van der Waals surface area (Å²) in [6.45, 7) is 1.93. The molecule has 1 atom stereocenters. The highest BCUT2D eigenvalue weighted by Crippen LogP contribution is 2.32. The molecule has 35 heavy (non-hydrogen) atoms. The summed E-state index contributed by atoms with van der Waals surface area (Å²) in [5.74, 6) is -0.0479. The molecule has 174 valence electrons. The zero-order chi connectivity index (χ0) is 24.5. The third-order valence-electron chi connectivity index (χ3n) is 6.15. The van der Waals surface area contributed by atoms with Crippen LogP contribution in [0.25, 0.3) is 22.2 Å². The lowest BCUT2D eigenvalue weighted by Crippen LogP contribution is -2.30. The van der Waals surface area contributed by atoms with Gasteiger partial charge >= 0.3 is 0 Å². The Kier molecular flexibility index (Phi) is 5.62. The van der Waals surface area contributed by atoms with Crippen LogP contribution in [0.3, 0.4) is 0 Å². The Morgan fingerprint density at radius 3 is 2.49 bits per heavy atom. The monoisotopic (exact) mass is 464 g/mol. The second-order valence-corrected chi connectivity index (χ2v) is 8.36. The number of benzene rings is 2. The minimum absolute atomic E-state index is 0.0818. The van der Waals surface area contributed by atoms with Gasteiger partial charge in [0.15, 0.2) is 0 Å². The molecule has 0 spiro atoms. The molecule has 0 aliphatic rings. The number of aryl methyl sites for hydroxylation is 1. The number of nitrogens with two attached hydrogens (primary N) is 1. The van der Waals surface area contributed by atoms with Crippen LogP contribution >= 0.6 is 0 Å². The molecule has 8 heteroatoms. The summed E-state index contributed by atoms with van der Waals surface area (Å²) in [5, 5.41) is 3.61. The van der Waals surface area contributed by atoms with Crippen molar-refractivity contribution >= 4 is 28.4 Å². The third kappa shape index (κ3) is 4.06. The number of anilines is 2. The van der Waals surface area contributed by atoms with Crippen molar-refractivity contribution in [1.29, 1.82) is 0 Å². The predicted molar refractivity (Wildman–Crippen MR) is 137 cm³/mol. The molecule has 2 aromatic carbocycles. The maximum absolute atomic E-state index is 13.1. The Balaban J connectivity index is 1.40. The number of nitrogens with one attached hydrogen (secondary N) is 1. The molecule has 0 saturated heterocycles. The van der Waals surface area contributed by atoms with Gasteiger partial charge < -0.3 is 20.2 Å². The summed E-state index contributed by atoms with van der Waals surface area (Å²) < 4.78 is 3.47. The van der Waals surface area contributed by atoms with Crippen LogP contribution in [0.1, 0.15) is 28.9 Å². The molecule has 1 amide bonds. The fourth-order valence-electron chi connectivity index (χ4n) is 4.27. The van der Waals surface area contributed by atoms with Gasteiger partial charge in [0.2, 0.25) is 0 Å². The SMILES string of the molecule is C[C@@H](c1ccccc1)n1cccc(C(=O)Nc2ccc(-c3cn(C)c4ncnc(N)c34)cc2)c1=O. The number of carbonyl (C=O) groups excluding carboxylic acids is 1. The van der Waals surface area contributed by atoms with Gasteiger partial charge in [-0.3, -0.25) is 9.59 Å². The van der Waals surface area contributed by atoms with Gasteiger partial charge in [-0.15, -0.1) is 0 Å². The van der Waals surface area contributed by atoms with Gasteiger partial charge in [-0.05, 0) is 42.3 Å². The van der Waals surface area contributed by atoms with Crippen LogP contribution in [0.4, 0.5) is 11.5 Å². The average molecular weight is 465 g/mol. The van der Waals surface area contributed by atoms with Crippen LogP contribution < -0.4 is 16.6 Å². The Morgan fingerprint density at radius 1 is 1.00 bits per heavy atom. The lowest BCUT2D eigenvalue weighted by atomic mass is 10.1. The first kappa shape index (κ1) is 22.1. The van der Waals surface area contributed by atoms with E-state index in [0.29, 0.717) is 11.5 Å². The number of fused-ring (bicyclic) bond motifs is 1. The van der Waals surface area contributed by atoms with Gasteiger partial charge in [-0.25, -0.2) is 9.97 Å². The number of hydrogen-bond acceptors (Lipinski definition) is 5. The number of nitrogens with zero attached hydrogens (tertiary/aromatic N) is 4. The molecule has 0 aliphatic heterocycles. The molecule has 3 aromatic heterocycles. The predicted octanol–water partition coefficient (Wildman–Crippen LogP) is 4.24. The fraction of sp³-hybridized carbons (Fsp3) is 0.111. The summed E-state index contributed by atoms with van der Waals surface area (Å²) >= 11 is 0. The quantitative estimate of drug-likeness (QED) is 0.404. The fourth-order valence-corrected chi connectivity index (χ4v) is 4.27. The molecule has 5 rings (SSSR count). The number of pyridine rings is 1. The first-order valence-corrected chi connectivity index (χ1v) is 11.2. The lowest BCUT2D eigenvalue weighted by Gasteiger charge is -2.16. The zero-order valence-electron chi connectivity index (χ0n) is 19.3. The zero-order valence-corrected chi connectivity index (χ0v) is 19.3. The standard InChI is InChI=1S/C27H24N6O2/c1-17(18-7-4-3-5-8-18)33-14-6-9-21(27(33)35)26(34)31-20-12-10-19(11-13-20)22-15-32(2)25-23(22)24(28)29-16-30-25/h3-17H,1-2H3,(H,31,34)(H2,28,29,30)/t17-/m0/s1. The van der Waals surface area contributed by atoms with Crippen molar-refractivity contribution in [3.63, 3.8) is 0 Å². The number of hydrogen-bond donors (Lipinski definition) is 2. The van der Waals surface area contributed by atoms with E-state index in [0.717, 1.165) is 27.7 Å². The third-order valence-corrected chi connectivity index (χ3v) is 6.15. The number of amides is 1. The van der Waals surface area contributed by atoms with Crippen molar-refractivity contribution in [2.24, 2.45) is 7.05 Å². The summed E-state index contributed by atoms with van der Waals surface area (Å²) in [7, 11) is 1.90. The molecule has 8 nitrogen and oxygen atoms in total. The summed E-state index contributed by atoms with van der Waals surface area (Å²) in [6.07, 6.45) is 5.09. The van der Waals surface area contributed by atoms with E-state index in [1.807, 2.05) is 67.2 Å². The normalized spacial score (nSPS) is 11.9. The Labute approximate surface area is 201 Å². The van der Waals surface area contributed by atoms with Gasteiger partial charge in [0.1, 0.15) is 23.4 Å². The van der Waals surface area contributed by atoms with Crippen LogP contribution in [-0.2, 0) is 7.05 Å². The topological polar surface area (TPSA) is 108 Å². The second-order valence-electron chi connectivity index (χ2n) is 8.36. The average Bonchev–Trinajstić information content (AvgIpc) is 3.22. The van der Waals surface area contributed by atoms with E-state index in [4.69, 9.17) is 5.73 Å². The van der Waals surface area contributed by atoms with Gasteiger partial charge in [0, 0.05) is 30.7 Å². The van der Waals surface area contributed by atoms with Crippen LogP contribution in [-0.4, -0.2) is 25.0 Å². The molecule has 0 bridgehead atoms. The van der Waals surface area contributed by atoms with E-state index < -0.39 is 5.91 Å². The van der Waals surface area contributed by atoms with Gasteiger partial charge in [0.25, 0.3) is 11.5 Å². The number of aromatic nitrogens is 4. The molecule has 5 aromatic rings. The molecule has 3 heterocycles. The van der Waals surface area contributed by atoms with Crippen LogP contribution in [0.15, 0.2) is 90.2 Å². The van der Waals surface area contributed by atoms with Gasteiger partial charge in [0.05, 0.1) is 11.4 Å². The van der Waals surface area contributed by atoms with Crippen molar-refractivity contribution in [2.75, 3.05) is 11.1 Å². The molecule has 0 saturated carbocycles. The van der Waals surface area contributed by atoms with Crippen molar-refractivity contribution in [3.8, 4) is 11.1 Å². The molecular weight excluding hydrogens is 440 g/mol. The minimum atomic E-state index is -0.458. The summed E-state index contributed by atoms with van der Waals surface area (Å²) in [5.41, 5.74) is 9.96. The molecule has 0 unspecified atom stereocenters. The van der Waals surface area contributed by atoms with E-state index in [2.05, 4.69) is 15.3 Å². The van der Waals surface area contributed by atoms with Crippen molar-refractivity contribution in [3.05, 3.63) is 107 Å². The van der Waals surface area contributed by atoms with Crippen molar-refractivity contribution in [2.45, 2.75) is 13.0 Å². The highest BCUT2D eigenvalue weighted by Gasteiger charge is 2.17. The van der Waals surface area contributed by atoms with Gasteiger partial charge in [-0.1, -0.05) is 42.5 Å². The number of carbonyl (C=O) groups is 1. The van der Waals surface area contributed by atoms with Crippen LogP contribution in [0.5, 0.6) is 0 Å². The first-order valence-electron chi connectivity index (χ1n) is 11.2. The second kappa shape index (κ2) is 8.90. The van der Waals surface area contributed by atoms with E-state index >= 15 is 0 Å². The van der Waals surface area contributed by atoms with Gasteiger partial charge in [-0.2, -0.15) is 0 Å². The molecular formula is C27H24N6O2. The van der Waals surface area contributed by atoms with E-state index in [-0.39, 0.29) is 17.2 Å². The highest BCUT2D eigenvalue weighted by molar-refractivity contribution is 6.04. The minimum Gasteiger partial charge on any atom is -0.383 e. The maximum atomic E-state index is 13.1. The van der Waals surface area contributed by atoms with E-state index in [1.54, 1.807) is 35.0 Å². The smallest absolute Gasteiger partial charge is 0.263 e. The molecule has 0 fully saturated rings. The highest BCUT2D eigenvalue weighted by atomic mass is 16.2. The molecule has 0 radical (unpaired) electrons. The summed E-state index contributed by atoms with van der Waals surface area (Å²) in [4.78, 5) is 34.5. The molecule has 0 aliphatic carbocycles. The van der Waals surface area contributed by atoms with Crippen LogP contribution in [0.2, 0.25) is 0 Å². The number of rotatable bonds is 5. The largest absolute Gasteiger partial charge is 0.383 e. The lowest BCUT2D eigenvalue weighted by molar-refractivity contribution is 0.102. The maximum Gasteiger partial charge on any atom is 0.263 e. The number of nitrogen functional groups attached to an aromatic ring is 1. The Bertz CT molecular complexity index is 1590. The Morgan fingerprint density at radius 2 is 1.74 bits per heavy atom.